The third-order valence-corrected chi connectivity index (χ3v) is 4.07. The molecule has 0 fully saturated rings. The van der Waals surface area contributed by atoms with Crippen LogP contribution in [0.1, 0.15) is 25.0 Å². The number of nitrogen functional groups attached to an aromatic ring is 1. The van der Waals surface area contributed by atoms with E-state index in [2.05, 4.69) is 4.98 Å². The number of nitrogens with two attached hydrogens (primary N) is 1. The van der Waals surface area contributed by atoms with Crippen LogP contribution in [-0.2, 0) is 14.3 Å². The molecule has 1 aliphatic heterocycles. The van der Waals surface area contributed by atoms with Gasteiger partial charge in [-0.05, 0) is 18.6 Å². The number of fused-ring (bicyclic) bond motifs is 1. The van der Waals surface area contributed by atoms with Crippen LogP contribution < -0.4 is 15.4 Å². The van der Waals surface area contributed by atoms with Gasteiger partial charge in [-0.3, -0.25) is 9.69 Å². The monoisotopic (exact) mass is 341 g/mol. The van der Waals surface area contributed by atoms with Gasteiger partial charge in [0.2, 0.25) is 6.10 Å². The Morgan fingerprint density at radius 2 is 2.04 bits per heavy atom. The maximum absolute atomic E-state index is 13.1. The minimum absolute atomic E-state index is 0.231. The highest BCUT2D eigenvalue weighted by Crippen LogP contribution is 2.39. The number of amides is 1. The third-order valence-electron chi connectivity index (χ3n) is 4.07. The number of pyridine rings is 1. The summed E-state index contributed by atoms with van der Waals surface area (Å²) in [6.45, 7) is 1.80. The van der Waals surface area contributed by atoms with E-state index < -0.39 is 18.1 Å². The fraction of sp³-hybridized carbons (Fsp3) is 0.278. The Balaban J connectivity index is 2.12. The minimum atomic E-state index is -0.863. The molecule has 2 heterocycles. The van der Waals surface area contributed by atoms with Crippen molar-refractivity contribution in [3.05, 3.63) is 48.0 Å². The lowest BCUT2D eigenvalue weighted by Crippen LogP contribution is -2.51. The van der Waals surface area contributed by atoms with Crippen molar-refractivity contribution in [3.8, 4) is 5.75 Å². The number of carbonyl (C=O) groups is 2. The Hall–Kier alpha value is -3.09. The first-order valence-corrected chi connectivity index (χ1v) is 7.95. The molecule has 3 rings (SSSR count). The number of benzene rings is 1. The van der Waals surface area contributed by atoms with Gasteiger partial charge in [0, 0.05) is 5.56 Å². The number of esters is 1. The van der Waals surface area contributed by atoms with E-state index in [9.17, 15) is 9.59 Å². The third kappa shape index (κ3) is 3.00. The standard InChI is InChI=1S/C18H19N3O4/c1-3-12(18(23)24-2)21-16-13(9-10-14(19)20-16)25-15(17(21)22)11-7-5-4-6-8-11/h4-10,12,15H,3H2,1-2H3,(H2,19,20). The molecule has 25 heavy (non-hydrogen) atoms. The van der Waals surface area contributed by atoms with Gasteiger partial charge in [0.1, 0.15) is 11.9 Å². The zero-order valence-electron chi connectivity index (χ0n) is 14.0. The van der Waals surface area contributed by atoms with E-state index in [1.165, 1.54) is 12.0 Å². The van der Waals surface area contributed by atoms with Crippen molar-refractivity contribution in [2.24, 2.45) is 0 Å². The molecule has 0 radical (unpaired) electrons. The topological polar surface area (TPSA) is 94.8 Å². The van der Waals surface area contributed by atoms with Gasteiger partial charge in [0.05, 0.1) is 7.11 Å². The maximum atomic E-state index is 13.1. The number of hydrogen-bond donors (Lipinski definition) is 1. The molecule has 0 spiro atoms. The molecule has 1 aromatic heterocycles. The number of anilines is 2. The van der Waals surface area contributed by atoms with Crippen LogP contribution in [0, 0.1) is 0 Å². The molecule has 0 saturated carbocycles. The number of rotatable bonds is 4. The van der Waals surface area contributed by atoms with E-state index in [0.29, 0.717) is 17.7 Å². The van der Waals surface area contributed by atoms with Crippen LogP contribution in [0.4, 0.5) is 11.6 Å². The Morgan fingerprint density at radius 1 is 1.32 bits per heavy atom. The summed E-state index contributed by atoms with van der Waals surface area (Å²) in [5, 5.41) is 0. The molecule has 0 aliphatic carbocycles. The number of hydrogen-bond acceptors (Lipinski definition) is 6. The van der Waals surface area contributed by atoms with E-state index in [1.54, 1.807) is 31.2 Å². The quantitative estimate of drug-likeness (QED) is 0.856. The first-order valence-electron chi connectivity index (χ1n) is 7.95. The highest BCUT2D eigenvalue weighted by molar-refractivity contribution is 6.04. The van der Waals surface area contributed by atoms with Crippen molar-refractivity contribution < 1.29 is 19.1 Å². The summed E-state index contributed by atoms with van der Waals surface area (Å²) in [4.78, 5) is 30.9. The van der Waals surface area contributed by atoms with Gasteiger partial charge in [0.15, 0.2) is 11.6 Å². The second kappa shape index (κ2) is 6.80. The second-order valence-corrected chi connectivity index (χ2v) is 5.62. The highest BCUT2D eigenvalue weighted by atomic mass is 16.5. The molecule has 1 amide bonds. The summed E-state index contributed by atoms with van der Waals surface area (Å²) in [5.41, 5.74) is 6.46. The van der Waals surface area contributed by atoms with Crippen LogP contribution in [-0.4, -0.2) is 30.0 Å². The van der Waals surface area contributed by atoms with Crippen LogP contribution in [0.15, 0.2) is 42.5 Å². The SMILES string of the molecule is CCC(C(=O)OC)N1C(=O)C(c2ccccc2)Oc2ccc(N)nc21. The highest BCUT2D eigenvalue weighted by Gasteiger charge is 2.42. The lowest BCUT2D eigenvalue weighted by molar-refractivity contribution is -0.144. The smallest absolute Gasteiger partial charge is 0.329 e. The van der Waals surface area contributed by atoms with Crippen molar-refractivity contribution in [1.29, 1.82) is 0 Å². The maximum Gasteiger partial charge on any atom is 0.329 e. The first-order chi connectivity index (χ1) is 12.1. The molecule has 2 atom stereocenters. The van der Waals surface area contributed by atoms with Crippen LogP contribution in [0.2, 0.25) is 0 Å². The van der Waals surface area contributed by atoms with Crippen molar-refractivity contribution in [3.63, 3.8) is 0 Å². The van der Waals surface area contributed by atoms with Crippen LogP contribution in [0.5, 0.6) is 5.75 Å². The van der Waals surface area contributed by atoms with Gasteiger partial charge in [-0.1, -0.05) is 37.3 Å². The molecular formula is C18H19N3O4. The number of nitrogens with zero attached hydrogens (tertiary/aromatic N) is 2. The molecule has 2 aromatic rings. The normalized spacial score (nSPS) is 17.4. The summed E-state index contributed by atoms with van der Waals surface area (Å²) in [6, 6.07) is 11.5. The summed E-state index contributed by atoms with van der Waals surface area (Å²) >= 11 is 0. The first kappa shape index (κ1) is 16.8. The minimum Gasteiger partial charge on any atom is -0.472 e. The van der Waals surface area contributed by atoms with Gasteiger partial charge in [-0.25, -0.2) is 9.78 Å². The van der Waals surface area contributed by atoms with Gasteiger partial charge in [-0.15, -0.1) is 0 Å². The Morgan fingerprint density at radius 3 is 2.68 bits per heavy atom. The Labute approximate surface area is 145 Å². The van der Waals surface area contributed by atoms with Crippen LogP contribution in [0.3, 0.4) is 0 Å². The number of aromatic nitrogens is 1. The molecule has 0 saturated heterocycles. The van der Waals surface area contributed by atoms with Crippen molar-refractivity contribution in [2.45, 2.75) is 25.5 Å². The van der Waals surface area contributed by atoms with Gasteiger partial charge < -0.3 is 15.2 Å². The molecule has 2 N–H and O–H groups in total. The number of ether oxygens (including phenoxy) is 2. The fourth-order valence-electron chi connectivity index (χ4n) is 2.85. The Bertz CT molecular complexity index is 794. The predicted molar refractivity (Wildman–Crippen MR) is 92.0 cm³/mol. The van der Waals surface area contributed by atoms with E-state index in [4.69, 9.17) is 15.2 Å². The van der Waals surface area contributed by atoms with Crippen molar-refractivity contribution in [2.75, 3.05) is 17.7 Å². The largest absolute Gasteiger partial charge is 0.472 e. The summed E-state index contributed by atoms with van der Waals surface area (Å²) in [7, 11) is 1.29. The fourth-order valence-corrected chi connectivity index (χ4v) is 2.85. The molecule has 2 unspecified atom stereocenters. The number of carbonyl (C=O) groups excluding carboxylic acids is 2. The molecule has 1 aromatic carbocycles. The molecule has 7 heteroatoms. The summed E-state index contributed by atoms with van der Waals surface area (Å²) < 4.78 is 10.7. The van der Waals surface area contributed by atoms with E-state index in [-0.39, 0.29) is 17.5 Å². The Kier molecular flexibility index (Phi) is 4.56. The zero-order chi connectivity index (χ0) is 18.0. The molecule has 0 bridgehead atoms. The van der Waals surface area contributed by atoms with Crippen LogP contribution in [0.25, 0.3) is 0 Å². The van der Waals surface area contributed by atoms with Gasteiger partial charge in [0.25, 0.3) is 5.91 Å². The molecule has 7 nitrogen and oxygen atoms in total. The van der Waals surface area contributed by atoms with E-state index >= 15 is 0 Å². The van der Waals surface area contributed by atoms with E-state index in [0.717, 1.165) is 0 Å². The predicted octanol–water partition coefficient (Wildman–Crippen LogP) is 2.08. The van der Waals surface area contributed by atoms with Crippen molar-refractivity contribution in [1.82, 2.24) is 4.98 Å². The summed E-state index contributed by atoms with van der Waals surface area (Å²) in [6.07, 6.45) is -0.492. The average Bonchev–Trinajstić information content (AvgIpc) is 2.64. The summed E-state index contributed by atoms with van der Waals surface area (Å²) in [5.74, 6) is -0.0359. The number of methoxy groups -OCH3 is 1. The van der Waals surface area contributed by atoms with Gasteiger partial charge in [-0.2, -0.15) is 0 Å². The second-order valence-electron chi connectivity index (χ2n) is 5.62. The molecular weight excluding hydrogens is 322 g/mol. The van der Waals surface area contributed by atoms with E-state index in [1.807, 2.05) is 18.2 Å². The molecule has 1 aliphatic rings. The molecule has 130 valence electrons. The zero-order valence-corrected chi connectivity index (χ0v) is 14.0. The van der Waals surface area contributed by atoms with Gasteiger partial charge >= 0.3 is 5.97 Å². The van der Waals surface area contributed by atoms with Crippen molar-refractivity contribution >= 4 is 23.5 Å². The van der Waals surface area contributed by atoms with Crippen LogP contribution >= 0.6 is 0 Å². The lowest BCUT2D eigenvalue weighted by Gasteiger charge is -2.36. The lowest BCUT2D eigenvalue weighted by atomic mass is 10.0. The average molecular weight is 341 g/mol.